The van der Waals surface area contributed by atoms with Gasteiger partial charge in [-0.1, -0.05) is 6.07 Å². The van der Waals surface area contributed by atoms with E-state index in [0.717, 1.165) is 6.07 Å². The zero-order valence-electron chi connectivity index (χ0n) is 11.9. The largest absolute Gasteiger partial charge is 0.502 e. The number of phenols is 1. The molecule has 0 bridgehead atoms. The van der Waals surface area contributed by atoms with Crippen LogP contribution in [0.1, 0.15) is 24.2 Å². The second kappa shape index (κ2) is 8.18. The van der Waals surface area contributed by atoms with Gasteiger partial charge in [0.25, 0.3) is 5.91 Å². The lowest BCUT2D eigenvalue weighted by Crippen LogP contribution is -2.35. The number of hydrogen-bond acceptors (Lipinski definition) is 6. The maximum atomic E-state index is 11.9. The number of phenolic OH excluding ortho intramolecular Hbond substituents is 1. The average Bonchev–Trinajstić information content (AvgIpc) is 2.44. The van der Waals surface area contributed by atoms with E-state index in [4.69, 9.17) is 9.47 Å². The third kappa shape index (κ3) is 4.69. The van der Waals surface area contributed by atoms with E-state index in [2.05, 4.69) is 5.32 Å². The summed E-state index contributed by atoms with van der Waals surface area (Å²) in [5.41, 5.74) is -0.690. The summed E-state index contributed by atoms with van der Waals surface area (Å²) in [5.74, 6) is -1.30. The molecule has 8 heteroatoms. The Labute approximate surface area is 121 Å². The number of hydrogen-bond donors (Lipinski definition) is 2. The van der Waals surface area contributed by atoms with Crippen LogP contribution in [0.4, 0.5) is 5.69 Å². The number of carbonyl (C=O) groups is 1. The number of rotatable bonds is 8. The zero-order valence-corrected chi connectivity index (χ0v) is 11.9. The van der Waals surface area contributed by atoms with E-state index in [1.165, 1.54) is 12.1 Å². The summed E-state index contributed by atoms with van der Waals surface area (Å²) in [7, 11) is 0. The smallest absolute Gasteiger partial charge is 0.311 e. The minimum Gasteiger partial charge on any atom is -0.502 e. The molecule has 0 saturated heterocycles. The molecular weight excluding hydrogens is 280 g/mol. The van der Waals surface area contributed by atoms with Crippen molar-refractivity contribution in [1.29, 1.82) is 0 Å². The third-order valence-corrected chi connectivity index (χ3v) is 2.59. The van der Waals surface area contributed by atoms with Gasteiger partial charge in [-0.3, -0.25) is 14.9 Å². The Morgan fingerprint density at radius 3 is 2.52 bits per heavy atom. The molecular formula is C13H18N2O6. The lowest BCUT2D eigenvalue weighted by Gasteiger charge is -2.17. The van der Waals surface area contributed by atoms with Gasteiger partial charge in [-0.15, -0.1) is 0 Å². The lowest BCUT2D eigenvalue weighted by atomic mass is 10.1. The summed E-state index contributed by atoms with van der Waals surface area (Å²) >= 11 is 0. The van der Waals surface area contributed by atoms with Crippen molar-refractivity contribution in [2.45, 2.75) is 20.1 Å². The predicted octanol–water partition coefficient (Wildman–Crippen LogP) is 1.43. The highest BCUT2D eigenvalue weighted by molar-refractivity contribution is 5.98. The minimum absolute atomic E-state index is 0.0721. The number of nitro groups is 1. The molecule has 2 N–H and O–H groups in total. The summed E-state index contributed by atoms with van der Waals surface area (Å²) in [5, 5.41) is 22.9. The fraction of sp³-hybridized carbons (Fsp3) is 0.462. The predicted molar refractivity (Wildman–Crippen MR) is 74.1 cm³/mol. The van der Waals surface area contributed by atoms with Crippen molar-refractivity contribution in [2.75, 3.05) is 19.8 Å². The van der Waals surface area contributed by atoms with Crippen LogP contribution in [-0.4, -0.2) is 42.0 Å². The van der Waals surface area contributed by atoms with E-state index >= 15 is 0 Å². The number of nitrogens with one attached hydrogen (secondary N) is 1. The Bertz CT molecular complexity index is 499. The second-order valence-corrected chi connectivity index (χ2v) is 3.98. The van der Waals surface area contributed by atoms with E-state index in [1.54, 1.807) is 13.8 Å². The summed E-state index contributed by atoms with van der Waals surface area (Å²) in [6.07, 6.45) is -0.607. The Balaban J connectivity index is 2.76. The fourth-order valence-electron chi connectivity index (χ4n) is 1.67. The average molecular weight is 298 g/mol. The molecule has 8 nitrogen and oxygen atoms in total. The number of benzene rings is 1. The van der Waals surface area contributed by atoms with Crippen LogP contribution in [0.15, 0.2) is 18.2 Å². The molecule has 1 aromatic rings. The van der Waals surface area contributed by atoms with Crippen LogP contribution in [0, 0.1) is 10.1 Å². The molecule has 1 amide bonds. The number of ether oxygens (including phenoxy) is 2. The first-order chi connectivity index (χ1) is 10.0. The van der Waals surface area contributed by atoms with Gasteiger partial charge in [-0.05, 0) is 19.9 Å². The molecule has 0 atom stereocenters. The van der Waals surface area contributed by atoms with Crippen LogP contribution in [0.2, 0.25) is 0 Å². The fourth-order valence-corrected chi connectivity index (χ4v) is 1.67. The molecule has 1 rings (SSSR count). The Morgan fingerprint density at radius 1 is 1.38 bits per heavy atom. The van der Waals surface area contributed by atoms with Gasteiger partial charge < -0.3 is 19.9 Å². The van der Waals surface area contributed by atoms with Gasteiger partial charge in [0.15, 0.2) is 6.29 Å². The maximum absolute atomic E-state index is 11.9. The van der Waals surface area contributed by atoms with E-state index in [1.807, 2.05) is 0 Å². The Hall–Kier alpha value is -2.19. The minimum atomic E-state index is -0.755. The van der Waals surface area contributed by atoms with Gasteiger partial charge in [0.1, 0.15) is 0 Å². The summed E-state index contributed by atoms with van der Waals surface area (Å²) in [6, 6.07) is 3.75. The molecule has 116 valence electrons. The van der Waals surface area contributed by atoms with Crippen LogP contribution in [0.3, 0.4) is 0 Å². The number of amides is 1. The topological polar surface area (TPSA) is 111 Å². The van der Waals surface area contributed by atoms with E-state index in [9.17, 15) is 20.0 Å². The van der Waals surface area contributed by atoms with Crippen molar-refractivity contribution < 1.29 is 24.3 Å². The van der Waals surface area contributed by atoms with Gasteiger partial charge >= 0.3 is 5.69 Å². The van der Waals surface area contributed by atoms with Gasteiger partial charge in [0.2, 0.25) is 5.75 Å². The monoisotopic (exact) mass is 298 g/mol. The highest BCUT2D eigenvalue weighted by Gasteiger charge is 2.21. The van der Waals surface area contributed by atoms with Crippen molar-refractivity contribution in [2.24, 2.45) is 0 Å². The molecule has 21 heavy (non-hydrogen) atoms. The van der Waals surface area contributed by atoms with Crippen LogP contribution < -0.4 is 5.32 Å². The molecule has 0 aliphatic rings. The van der Waals surface area contributed by atoms with Gasteiger partial charge in [-0.25, -0.2) is 0 Å². The number of nitrogens with zero attached hydrogens (tertiary/aromatic N) is 1. The van der Waals surface area contributed by atoms with Crippen LogP contribution in [-0.2, 0) is 9.47 Å². The number of para-hydroxylation sites is 1. The summed E-state index contributed by atoms with van der Waals surface area (Å²) < 4.78 is 10.5. The van der Waals surface area contributed by atoms with Gasteiger partial charge in [0, 0.05) is 19.3 Å². The van der Waals surface area contributed by atoms with E-state index in [-0.39, 0.29) is 12.1 Å². The molecule has 0 spiro atoms. The quantitative estimate of drug-likeness (QED) is 0.426. The first-order valence-corrected chi connectivity index (χ1v) is 6.49. The van der Waals surface area contributed by atoms with Gasteiger partial charge in [0.05, 0.1) is 17.0 Å². The summed E-state index contributed by atoms with van der Waals surface area (Å²) in [4.78, 5) is 21.9. The molecule has 0 heterocycles. The number of aromatic hydroxyl groups is 1. The van der Waals surface area contributed by atoms with Crippen molar-refractivity contribution in [1.82, 2.24) is 5.32 Å². The summed E-state index contributed by atoms with van der Waals surface area (Å²) in [6.45, 7) is 4.49. The molecule has 0 aliphatic heterocycles. The van der Waals surface area contributed by atoms with Gasteiger partial charge in [-0.2, -0.15) is 0 Å². The van der Waals surface area contributed by atoms with Crippen molar-refractivity contribution >= 4 is 11.6 Å². The number of nitro benzene ring substituents is 1. The molecule has 0 saturated carbocycles. The molecule has 1 aromatic carbocycles. The molecule has 0 radical (unpaired) electrons. The SMILES string of the molecule is CCOC(CNC(=O)c1cccc([N+](=O)[O-])c1O)OCC. The van der Waals surface area contributed by atoms with Crippen LogP contribution in [0.25, 0.3) is 0 Å². The second-order valence-electron chi connectivity index (χ2n) is 3.98. The number of carbonyl (C=O) groups excluding carboxylic acids is 1. The van der Waals surface area contributed by atoms with Crippen molar-refractivity contribution in [3.63, 3.8) is 0 Å². The van der Waals surface area contributed by atoms with Crippen LogP contribution in [0.5, 0.6) is 5.75 Å². The first kappa shape index (κ1) is 16.9. The Kier molecular flexibility index (Phi) is 6.57. The van der Waals surface area contributed by atoms with Crippen molar-refractivity contribution in [3.05, 3.63) is 33.9 Å². The highest BCUT2D eigenvalue weighted by Crippen LogP contribution is 2.28. The standard InChI is InChI=1S/C13H18N2O6/c1-3-20-11(21-4-2)8-14-13(17)9-6-5-7-10(12(9)16)15(18)19/h5-7,11,16H,3-4,8H2,1-2H3,(H,14,17). The molecule has 0 fully saturated rings. The molecule has 0 aliphatic carbocycles. The molecule has 0 unspecified atom stereocenters. The van der Waals surface area contributed by atoms with E-state index < -0.39 is 28.6 Å². The van der Waals surface area contributed by atoms with E-state index in [0.29, 0.717) is 13.2 Å². The van der Waals surface area contributed by atoms with Crippen molar-refractivity contribution in [3.8, 4) is 5.75 Å². The third-order valence-electron chi connectivity index (χ3n) is 2.59. The Morgan fingerprint density at radius 2 is 2.00 bits per heavy atom. The van der Waals surface area contributed by atoms with Crippen LogP contribution >= 0.6 is 0 Å². The normalized spacial score (nSPS) is 10.6. The highest BCUT2D eigenvalue weighted by atomic mass is 16.7. The molecule has 0 aromatic heterocycles. The lowest BCUT2D eigenvalue weighted by molar-refractivity contribution is -0.385. The first-order valence-electron chi connectivity index (χ1n) is 6.49. The zero-order chi connectivity index (χ0) is 15.8. The maximum Gasteiger partial charge on any atom is 0.311 e.